The van der Waals surface area contributed by atoms with Gasteiger partial charge in [0.05, 0.1) is 13.7 Å². The number of rotatable bonds is 4. The molecule has 0 bridgehead atoms. The molecule has 0 radical (unpaired) electrons. The Balaban J connectivity index is 2.08. The molecule has 0 unspecified atom stereocenters. The normalized spacial score (nSPS) is 11.3. The van der Waals surface area contributed by atoms with Crippen molar-refractivity contribution in [1.82, 2.24) is 4.98 Å². The zero-order valence-corrected chi connectivity index (χ0v) is 12.6. The number of hydrogen-bond donors (Lipinski definition) is 2. The van der Waals surface area contributed by atoms with Crippen LogP contribution in [0.1, 0.15) is 16.7 Å². The summed E-state index contributed by atoms with van der Waals surface area (Å²) in [5, 5.41) is 2.97. The fraction of sp³-hybridized carbons (Fsp3) is 0.250. The zero-order chi connectivity index (χ0) is 15.2. The number of methoxy groups -OCH3 is 1. The van der Waals surface area contributed by atoms with E-state index in [1.54, 1.807) is 13.3 Å². The number of nitrogens with one attached hydrogen (secondary N) is 1. The van der Waals surface area contributed by atoms with Crippen LogP contribution in [0.25, 0.3) is 0 Å². The first-order chi connectivity index (χ1) is 10.1. The van der Waals surface area contributed by atoms with Crippen LogP contribution in [-0.4, -0.2) is 18.1 Å². The van der Waals surface area contributed by atoms with E-state index in [0.29, 0.717) is 18.3 Å². The van der Waals surface area contributed by atoms with E-state index in [9.17, 15) is 0 Å². The molecule has 2 aromatic rings. The third-order valence-corrected chi connectivity index (χ3v) is 3.16. The van der Waals surface area contributed by atoms with Crippen LogP contribution in [0.2, 0.25) is 0 Å². The Bertz CT molecular complexity index is 635. The molecule has 0 fully saturated rings. The fourth-order valence-corrected chi connectivity index (χ4v) is 1.95. The number of aryl methyl sites for hydroxylation is 2. The molecule has 0 saturated heterocycles. The summed E-state index contributed by atoms with van der Waals surface area (Å²) in [5.74, 6) is 1.83. The number of anilines is 1. The molecule has 3 N–H and O–H groups in total. The van der Waals surface area contributed by atoms with Crippen molar-refractivity contribution in [3.05, 3.63) is 53.2 Å². The molecule has 5 nitrogen and oxygen atoms in total. The minimum Gasteiger partial charge on any atom is -0.496 e. The molecule has 0 atom stereocenters. The Morgan fingerprint density at radius 3 is 2.76 bits per heavy atom. The monoisotopic (exact) mass is 284 g/mol. The molecule has 0 aliphatic carbocycles. The van der Waals surface area contributed by atoms with Crippen LogP contribution in [0.3, 0.4) is 0 Å². The maximum atomic E-state index is 5.89. The van der Waals surface area contributed by atoms with Gasteiger partial charge in [-0.15, -0.1) is 0 Å². The molecule has 21 heavy (non-hydrogen) atoms. The molecule has 1 aromatic carbocycles. The Morgan fingerprint density at radius 2 is 2.10 bits per heavy atom. The summed E-state index contributed by atoms with van der Waals surface area (Å²) < 4.78 is 5.35. The van der Waals surface area contributed by atoms with E-state index in [1.807, 2.05) is 44.2 Å². The van der Waals surface area contributed by atoms with Crippen LogP contribution in [0.15, 0.2) is 41.5 Å². The molecular formula is C16H20N4O. The van der Waals surface area contributed by atoms with Gasteiger partial charge in [-0.1, -0.05) is 18.2 Å². The lowest BCUT2D eigenvalue weighted by molar-refractivity contribution is 0.409. The summed E-state index contributed by atoms with van der Waals surface area (Å²) in [5.41, 5.74) is 9.14. The van der Waals surface area contributed by atoms with Gasteiger partial charge in [0.2, 0.25) is 0 Å². The first kappa shape index (κ1) is 14.8. The second-order valence-corrected chi connectivity index (χ2v) is 4.80. The third-order valence-electron chi connectivity index (χ3n) is 3.16. The van der Waals surface area contributed by atoms with Crippen molar-refractivity contribution in [2.45, 2.75) is 20.4 Å². The summed E-state index contributed by atoms with van der Waals surface area (Å²) in [6, 6.07) is 9.74. The Morgan fingerprint density at radius 1 is 1.29 bits per heavy atom. The van der Waals surface area contributed by atoms with Crippen molar-refractivity contribution < 1.29 is 4.74 Å². The number of nitrogens with two attached hydrogens (primary N) is 1. The predicted molar refractivity (Wildman–Crippen MR) is 85.7 cm³/mol. The van der Waals surface area contributed by atoms with E-state index in [1.165, 1.54) is 0 Å². The second-order valence-electron chi connectivity index (χ2n) is 4.80. The molecule has 5 heteroatoms. The molecule has 0 aliphatic rings. The highest BCUT2D eigenvalue weighted by atomic mass is 16.5. The minimum absolute atomic E-state index is 0.330. The van der Waals surface area contributed by atoms with Gasteiger partial charge in [0.1, 0.15) is 11.6 Å². The van der Waals surface area contributed by atoms with E-state index in [4.69, 9.17) is 10.5 Å². The fourth-order valence-electron chi connectivity index (χ4n) is 1.95. The second kappa shape index (κ2) is 6.74. The van der Waals surface area contributed by atoms with Gasteiger partial charge in [0.25, 0.3) is 0 Å². The van der Waals surface area contributed by atoms with E-state index in [2.05, 4.69) is 15.3 Å². The Labute approximate surface area is 124 Å². The van der Waals surface area contributed by atoms with Crippen LogP contribution in [-0.2, 0) is 6.54 Å². The first-order valence-electron chi connectivity index (χ1n) is 6.72. The van der Waals surface area contributed by atoms with Gasteiger partial charge >= 0.3 is 0 Å². The summed E-state index contributed by atoms with van der Waals surface area (Å²) in [6.45, 7) is 4.47. The summed E-state index contributed by atoms with van der Waals surface area (Å²) in [4.78, 5) is 8.57. The largest absolute Gasteiger partial charge is 0.496 e. The molecule has 0 spiro atoms. The van der Waals surface area contributed by atoms with E-state index in [0.717, 1.165) is 22.4 Å². The number of guanidine groups is 1. The van der Waals surface area contributed by atoms with Gasteiger partial charge < -0.3 is 15.8 Å². The molecule has 0 amide bonds. The van der Waals surface area contributed by atoms with Crippen LogP contribution in [0.4, 0.5) is 5.82 Å². The van der Waals surface area contributed by atoms with Crippen molar-refractivity contribution in [2.24, 2.45) is 10.7 Å². The zero-order valence-electron chi connectivity index (χ0n) is 12.6. The highest BCUT2D eigenvalue weighted by Crippen LogP contribution is 2.22. The maximum absolute atomic E-state index is 5.89. The molecular weight excluding hydrogens is 264 g/mol. The van der Waals surface area contributed by atoms with Crippen LogP contribution >= 0.6 is 0 Å². The number of benzene rings is 1. The average Bonchev–Trinajstić information content (AvgIpc) is 2.48. The minimum atomic E-state index is 0.330. The highest BCUT2D eigenvalue weighted by Gasteiger charge is 2.05. The first-order valence-corrected chi connectivity index (χ1v) is 6.72. The summed E-state index contributed by atoms with van der Waals surface area (Å²) >= 11 is 0. The van der Waals surface area contributed by atoms with Gasteiger partial charge in [-0.25, -0.2) is 9.98 Å². The van der Waals surface area contributed by atoms with Gasteiger partial charge in [0.15, 0.2) is 5.96 Å². The van der Waals surface area contributed by atoms with Gasteiger partial charge in [-0.05, 0) is 37.1 Å². The lowest BCUT2D eigenvalue weighted by Crippen LogP contribution is -2.23. The van der Waals surface area contributed by atoms with Gasteiger partial charge in [-0.3, -0.25) is 0 Å². The SMILES string of the molecule is COc1cccc(C)c1CN=C(N)Nc1ccc(C)cn1. The summed E-state index contributed by atoms with van der Waals surface area (Å²) in [6.07, 6.45) is 1.78. The number of pyridine rings is 1. The molecule has 2 rings (SSSR count). The van der Waals surface area contributed by atoms with E-state index in [-0.39, 0.29) is 0 Å². The smallest absolute Gasteiger partial charge is 0.194 e. The van der Waals surface area contributed by atoms with Gasteiger partial charge in [0, 0.05) is 11.8 Å². The lowest BCUT2D eigenvalue weighted by Gasteiger charge is -2.10. The van der Waals surface area contributed by atoms with E-state index < -0.39 is 0 Å². The van der Waals surface area contributed by atoms with Crippen molar-refractivity contribution >= 4 is 11.8 Å². The maximum Gasteiger partial charge on any atom is 0.194 e. The summed E-state index contributed by atoms with van der Waals surface area (Å²) in [7, 11) is 1.65. The van der Waals surface area contributed by atoms with Crippen LogP contribution in [0, 0.1) is 13.8 Å². The molecule has 0 aliphatic heterocycles. The molecule has 1 heterocycles. The van der Waals surface area contributed by atoms with Crippen LogP contribution in [0.5, 0.6) is 5.75 Å². The van der Waals surface area contributed by atoms with Crippen molar-refractivity contribution in [2.75, 3.05) is 12.4 Å². The highest BCUT2D eigenvalue weighted by molar-refractivity contribution is 5.91. The van der Waals surface area contributed by atoms with Crippen molar-refractivity contribution in [3.8, 4) is 5.75 Å². The van der Waals surface area contributed by atoms with Crippen LogP contribution < -0.4 is 15.8 Å². The molecule has 0 saturated carbocycles. The number of ether oxygens (including phenoxy) is 1. The number of aliphatic imine (C=N–C) groups is 1. The quantitative estimate of drug-likeness (QED) is 0.668. The standard InChI is InChI=1S/C16H20N4O/c1-11-7-8-15(18-9-11)20-16(17)19-10-13-12(2)5-4-6-14(13)21-3/h4-9H,10H2,1-3H3,(H3,17,18,19,20). The Hall–Kier alpha value is -2.56. The predicted octanol–water partition coefficient (Wildman–Crippen LogP) is 2.63. The molecule has 110 valence electrons. The number of nitrogens with zero attached hydrogens (tertiary/aromatic N) is 2. The van der Waals surface area contributed by atoms with Gasteiger partial charge in [-0.2, -0.15) is 0 Å². The lowest BCUT2D eigenvalue weighted by atomic mass is 10.1. The number of aromatic nitrogens is 1. The van der Waals surface area contributed by atoms with Crippen molar-refractivity contribution in [3.63, 3.8) is 0 Å². The Kier molecular flexibility index (Phi) is 4.77. The third kappa shape index (κ3) is 3.95. The van der Waals surface area contributed by atoms with Crippen molar-refractivity contribution in [1.29, 1.82) is 0 Å². The molecule has 1 aromatic heterocycles. The topological polar surface area (TPSA) is 72.5 Å². The number of hydrogen-bond acceptors (Lipinski definition) is 3. The average molecular weight is 284 g/mol. The van der Waals surface area contributed by atoms with E-state index >= 15 is 0 Å².